The van der Waals surface area contributed by atoms with Crippen molar-refractivity contribution in [1.29, 1.82) is 5.41 Å². The van der Waals surface area contributed by atoms with E-state index in [2.05, 4.69) is 9.89 Å². The van der Waals surface area contributed by atoms with Crippen LogP contribution in [0.3, 0.4) is 0 Å². The van der Waals surface area contributed by atoms with Crippen molar-refractivity contribution >= 4 is 35.1 Å². The van der Waals surface area contributed by atoms with Crippen LogP contribution in [0.1, 0.15) is 36.8 Å². The molecule has 1 saturated heterocycles. The number of fused-ring (bicyclic) bond motifs is 1. The van der Waals surface area contributed by atoms with Crippen LogP contribution in [-0.2, 0) is 23.0 Å². The Hall–Kier alpha value is -3.29. The van der Waals surface area contributed by atoms with Crippen LogP contribution in [0, 0.1) is 5.41 Å². The number of piperidine rings is 1. The zero-order valence-electron chi connectivity index (χ0n) is 21.8. The van der Waals surface area contributed by atoms with Crippen LogP contribution < -0.4 is 14.8 Å². The molecule has 39 heavy (non-hydrogen) atoms. The van der Waals surface area contributed by atoms with Crippen molar-refractivity contribution in [2.24, 2.45) is 10.7 Å². The van der Waals surface area contributed by atoms with E-state index in [0.29, 0.717) is 37.0 Å². The number of nitrogens with two attached hydrogens (primary N) is 1. The first-order valence-electron chi connectivity index (χ1n) is 13.3. The summed E-state index contributed by atoms with van der Waals surface area (Å²) >= 11 is 0. The number of rotatable bonds is 9. The van der Waals surface area contributed by atoms with Crippen molar-refractivity contribution in [3.05, 3.63) is 53.6 Å². The summed E-state index contributed by atoms with van der Waals surface area (Å²) in [5.74, 6) is 0.544. The molecule has 13 heteroatoms. The van der Waals surface area contributed by atoms with Crippen molar-refractivity contribution in [2.75, 3.05) is 30.4 Å². The number of nitrogens with one attached hydrogen (secondary N) is 1. The molecule has 0 radical (unpaired) electrons. The Morgan fingerprint density at radius 3 is 2.46 bits per heavy atom. The maximum Gasteiger partial charge on any atom is 0.473 e. The van der Waals surface area contributed by atoms with Crippen LogP contribution in [0.4, 0.5) is 5.69 Å². The topological polar surface area (TPSA) is 156 Å². The van der Waals surface area contributed by atoms with E-state index >= 15 is 0 Å². The smallest absolute Gasteiger partial charge is 0.473 e. The largest absolute Gasteiger partial charge is 0.490 e. The Labute approximate surface area is 229 Å². The van der Waals surface area contributed by atoms with Gasteiger partial charge in [-0.05, 0) is 66.8 Å². The molecule has 0 atom stereocenters. The van der Waals surface area contributed by atoms with Crippen molar-refractivity contribution < 1.29 is 23.2 Å². The Morgan fingerprint density at radius 1 is 1.10 bits per heavy atom. The molecule has 1 saturated carbocycles. The number of benzene rings is 2. The van der Waals surface area contributed by atoms with Crippen LogP contribution in [-0.4, -0.2) is 85.9 Å². The van der Waals surface area contributed by atoms with E-state index in [0.717, 1.165) is 41.4 Å². The maximum absolute atomic E-state index is 13.6. The highest BCUT2D eigenvalue weighted by atomic mass is 32.2. The van der Waals surface area contributed by atoms with E-state index in [1.165, 1.54) is 25.0 Å². The third kappa shape index (κ3) is 6.66. The molecule has 2 aromatic carbocycles. The molecule has 0 amide bonds. The van der Waals surface area contributed by atoms with Gasteiger partial charge in [-0.25, -0.2) is 8.42 Å². The predicted molar refractivity (Wildman–Crippen MR) is 150 cm³/mol. The molecular formula is C26H35BN6O5S. The molecule has 0 unspecified atom stereocenters. The molecule has 1 aliphatic carbocycles. The number of hydrogen-bond donors (Lipinski definition) is 4. The molecule has 0 spiro atoms. The summed E-state index contributed by atoms with van der Waals surface area (Å²) in [6.45, 7) is 2.74. The van der Waals surface area contributed by atoms with Gasteiger partial charge in [0.2, 0.25) is 0 Å². The average Bonchev–Trinajstić information content (AvgIpc) is 3.75. The molecule has 0 aromatic heterocycles. The molecule has 5 N–H and O–H groups in total. The standard InChI is InChI=1S/C26H35BN6O5S/c28-26(29)32-14-9-19-1-4-22(15-20(19)16-32)33(17-27(34)35)39(36,37)25-7-5-23(6-8-25)38-24-10-12-31(13-11-24)18-30-21-2-3-21/h1,4-8,15,18,21,24,34-35H,2-3,9-14,16-17H2,(H3,28,29)/b30-18+. The fraction of sp³-hybridized carbons (Fsp3) is 0.462. The molecule has 2 aromatic rings. The van der Waals surface area contributed by atoms with Crippen LogP contribution in [0.15, 0.2) is 52.4 Å². The second kappa shape index (κ2) is 11.4. The minimum atomic E-state index is -4.12. The highest BCUT2D eigenvalue weighted by Crippen LogP contribution is 2.30. The molecule has 2 heterocycles. The zero-order valence-corrected chi connectivity index (χ0v) is 22.6. The minimum Gasteiger partial charge on any atom is -0.490 e. The van der Waals surface area contributed by atoms with Gasteiger partial charge in [0.1, 0.15) is 11.9 Å². The molecule has 2 aliphatic heterocycles. The number of nitrogens with zero attached hydrogens (tertiary/aromatic N) is 4. The number of guanidine groups is 1. The van der Waals surface area contributed by atoms with Gasteiger partial charge in [0.15, 0.2) is 5.96 Å². The lowest BCUT2D eigenvalue weighted by Gasteiger charge is -2.31. The molecule has 11 nitrogen and oxygen atoms in total. The number of likely N-dealkylation sites (tertiary alicyclic amines) is 1. The minimum absolute atomic E-state index is 0.0182. The third-order valence-corrected chi connectivity index (χ3v) is 9.15. The van der Waals surface area contributed by atoms with Gasteiger partial charge in [-0.1, -0.05) is 6.07 Å². The Kier molecular flexibility index (Phi) is 8.01. The molecule has 208 valence electrons. The van der Waals surface area contributed by atoms with E-state index < -0.39 is 23.6 Å². The van der Waals surface area contributed by atoms with Gasteiger partial charge in [-0.2, -0.15) is 0 Å². The molecule has 2 fully saturated rings. The highest BCUT2D eigenvalue weighted by Gasteiger charge is 2.30. The van der Waals surface area contributed by atoms with E-state index in [1.54, 1.807) is 29.2 Å². The van der Waals surface area contributed by atoms with Gasteiger partial charge < -0.3 is 30.3 Å². The summed E-state index contributed by atoms with van der Waals surface area (Å²) in [7, 11) is -5.98. The first-order chi connectivity index (χ1) is 18.7. The number of ether oxygens (including phenoxy) is 1. The number of anilines is 1. The lowest BCUT2D eigenvalue weighted by atomic mass is 9.92. The fourth-order valence-electron chi connectivity index (χ4n) is 4.93. The first-order valence-corrected chi connectivity index (χ1v) is 14.8. The van der Waals surface area contributed by atoms with Gasteiger partial charge >= 0.3 is 7.12 Å². The molecule has 0 bridgehead atoms. The lowest BCUT2D eigenvalue weighted by Crippen LogP contribution is -2.41. The summed E-state index contributed by atoms with van der Waals surface area (Å²) in [4.78, 5) is 8.48. The zero-order chi connectivity index (χ0) is 27.6. The summed E-state index contributed by atoms with van der Waals surface area (Å²) in [5, 5.41) is 27.2. The summed E-state index contributed by atoms with van der Waals surface area (Å²) in [6, 6.07) is 12.0. The second-order valence-corrected chi connectivity index (χ2v) is 12.2. The monoisotopic (exact) mass is 554 g/mol. The van der Waals surface area contributed by atoms with Gasteiger partial charge in [-0.15, -0.1) is 0 Å². The highest BCUT2D eigenvalue weighted by molar-refractivity contribution is 7.93. The van der Waals surface area contributed by atoms with E-state index in [-0.39, 0.29) is 17.0 Å². The van der Waals surface area contributed by atoms with E-state index in [4.69, 9.17) is 15.9 Å². The van der Waals surface area contributed by atoms with Crippen LogP contribution in [0.5, 0.6) is 5.75 Å². The quantitative estimate of drug-likeness (QED) is 0.205. The van der Waals surface area contributed by atoms with E-state index in [9.17, 15) is 18.5 Å². The van der Waals surface area contributed by atoms with Crippen molar-refractivity contribution in [3.8, 4) is 5.75 Å². The van der Waals surface area contributed by atoms with Crippen LogP contribution in [0.2, 0.25) is 0 Å². The molecular weight excluding hydrogens is 519 g/mol. The van der Waals surface area contributed by atoms with Gasteiger partial charge in [0, 0.05) is 39.0 Å². The Morgan fingerprint density at radius 2 is 1.82 bits per heavy atom. The van der Waals surface area contributed by atoms with Gasteiger partial charge in [0.05, 0.1) is 29.4 Å². The van der Waals surface area contributed by atoms with Crippen molar-refractivity contribution in [1.82, 2.24) is 9.80 Å². The molecule has 3 aliphatic rings. The third-order valence-electron chi connectivity index (χ3n) is 7.34. The Balaban J connectivity index is 1.28. The summed E-state index contributed by atoms with van der Waals surface area (Å²) < 4.78 is 34.4. The fourth-order valence-corrected chi connectivity index (χ4v) is 6.38. The normalized spacial score (nSPS) is 18.2. The van der Waals surface area contributed by atoms with E-state index in [1.807, 2.05) is 12.4 Å². The number of hydrogen-bond acceptors (Lipinski definition) is 7. The maximum atomic E-state index is 13.6. The number of aliphatic imine (C=N–C) groups is 1. The summed E-state index contributed by atoms with van der Waals surface area (Å²) in [5.41, 5.74) is 7.85. The lowest BCUT2D eigenvalue weighted by molar-refractivity contribution is 0.132. The Bertz CT molecular complexity index is 1310. The first kappa shape index (κ1) is 27.3. The predicted octanol–water partition coefficient (Wildman–Crippen LogP) is 1.18. The average molecular weight is 554 g/mol. The van der Waals surface area contributed by atoms with Crippen LogP contribution in [0.25, 0.3) is 0 Å². The number of sulfonamides is 1. The van der Waals surface area contributed by atoms with Crippen molar-refractivity contribution in [3.63, 3.8) is 0 Å². The molecule has 5 rings (SSSR count). The summed E-state index contributed by atoms with van der Waals surface area (Å²) in [6.07, 6.45) is 6.25. The van der Waals surface area contributed by atoms with Gasteiger partial charge in [-0.3, -0.25) is 14.7 Å². The van der Waals surface area contributed by atoms with Gasteiger partial charge in [0.25, 0.3) is 10.0 Å². The second-order valence-electron chi connectivity index (χ2n) is 10.3. The SMILES string of the molecule is N=C(N)N1CCc2ccc(N(CB(O)O)S(=O)(=O)c3ccc(OC4CCN(/C=N/C5CC5)CC4)cc3)cc2C1. The van der Waals surface area contributed by atoms with Crippen LogP contribution >= 0.6 is 0 Å². The van der Waals surface area contributed by atoms with Crippen molar-refractivity contribution in [2.45, 2.75) is 55.7 Å².